The predicted molar refractivity (Wildman–Crippen MR) is 54.9 cm³/mol. The number of benzene rings is 1. The fourth-order valence-electron chi connectivity index (χ4n) is 0.878. The van der Waals surface area contributed by atoms with Gasteiger partial charge in [-0.05, 0) is 17.7 Å². The monoisotopic (exact) mass is 227 g/mol. The molecule has 0 N–H and O–H groups in total. The van der Waals surface area contributed by atoms with Crippen LogP contribution in [0.25, 0.3) is 10.4 Å². The van der Waals surface area contributed by atoms with E-state index in [2.05, 4.69) is 9.43 Å². The third-order valence-corrected chi connectivity index (χ3v) is 2.52. The van der Waals surface area contributed by atoms with Gasteiger partial charge in [0.2, 0.25) is 10.0 Å². The highest BCUT2D eigenvalue weighted by Gasteiger charge is 2.07. The zero-order valence-corrected chi connectivity index (χ0v) is 8.59. The molecule has 0 saturated heterocycles. The average molecular weight is 227 g/mol. The van der Waals surface area contributed by atoms with E-state index in [0.717, 1.165) is 0 Å². The van der Waals surface area contributed by atoms with Crippen LogP contribution in [0.5, 0.6) is 5.75 Å². The van der Waals surface area contributed by atoms with E-state index in [4.69, 9.17) is 10.3 Å². The van der Waals surface area contributed by atoms with E-state index in [1.807, 2.05) is 6.07 Å². The molecule has 6 nitrogen and oxygen atoms in total. The summed E-state index contributed by atoms with van der Waals surface area (Å²) in [6.07, 6.45) is 0. The van der Waals surface area contributed by atoms with E-state index in [9.17, 15) is 8.42 Å². The molecular formula is C8H9N3O3S. The van der Waals surface area contributed by atoms with E-state index in [1.165, 1.54) is 0 Å². The highest BCUT2D eigenvalue weighted by molar-refractivity contribution is 7.90. The van der Waals surface area contributed by atoms with Crippen LogP contribution in [0.2, 0.25) is 0 Å². The Morgan fingerprint density at radius 3 is 2.60 bits per heavy atom. The minimum atomic E-state index is -3.72. The molecule has 1 aromatic rings. The molecule has 7 heteroatoms. The first kappa shape index (κ1) is 11.4. The first-order chi connectivity index (χ1) is 7.14. The van der Waals surface area contributed by atoms with Crippen molar-refractivity contribution in [3.63, 3.8) is 0 Å². The number of rotatable bonds is 5. The molecule has 0 radical (unpaired) electrons. The zero-order chi connectivity index (χ0) is 11.1. The third-order valence-electron chi connectivity index (χ3n) is 1.51. The molecule has 0 spiro atoms. The van der Waals surface area contributed by atoms with Crippen LogP contribution in [0.3, 0.4) is 0 Å². The number of para-hydroxylation sites is 1. The van der Waals surface area contributed by atoms with Crippen molar-refractivity contribution in [1.82, 2.24) is 0 Å². The summed E-state index contributed by atoms with van der Waals surface area (Å²) in [4.78, 5) is 2.21. The average Bonchev–Trinajstić information content (AvgIpc) is 2.19. The lowest BCUT2D eigenvalue weighted by Crippen LogP contribution is -2.10. The summed E-state index contributed by atoms with van der Waals surface area (Å²) in [5.74, 6) is 0.250. The molecule has 0 aromatic heterocycles. The summed E-state index contributed by atoms with van der Waals surface area (Å²) in [7, 11) is -3.72. The van der Waals surface area contributed by atoms with Gasteiger partial charge in [0.1, 0.15) is 12.4 Å². The molecular weight excluding hydrogens is 218 g/mol. The maximum Gasteiger partial charge on any atom is 0.238 e. The Labute approximate surface area is 87.2 Å². The van der Waals surface area contributed by atoms with Crippen LogP contribution < -0.4 is 4.74 Å². The van der Waals surface area contributed by atoms with Crippen molar-refractivity contribution in [2.24, 2.45) is 4.52 Å². The lowest BCUT2D eigenvalue weighted by atomic mass is 10.3. The molecule has 0 unspecified atom stereocenters. The number of azide groups is 1. The van der Waals surface area contributed by atoms with Crippen molar-refractivity contribution >= 4 is 10.0 Å². The van der Waals surface area contributed by atoms with Gasteiger partial charge in [-0.25, -0.2) is 8.42 Å². The first-order valence-corrected chi connectivity index (χ1v) is 5.72. The summed E-state index contributed by atoms with van der Waals surface area (Å²) >= 11 is 0. The lowest BCUT2D eigenvalue weighted by Gasteiger charge is -2.03. The van der Waals surface area contributed by atoms with Gasteiger partial charge in [-0.2, -0.15) is 0 Å². The van der Waals surface area contributed by atoms with Crippen molar-refractivity contribution in [1.29, 1.82) is 0 Å². The Morgan fingerprint density at radius 2 is 2.00 bits per heavy atom. The van der Waals surface area contributed by atoms with Gasteiger partial charge in [-0.3, -0.25) is 0 Å². The number of sulfonamides is 1. The van der Waals surface area contributed by atoms with Gasteiger partial charge in [0.05, 0.1) is 5.75 Å². The van der Waals surface area contributed by atoms with Gasteiger partial charge in [0.25, 0.3) is 0 Å². The summed E-state index contributed by atoms with van der Waals surface area (Å²) in [5, 5.41) is 0. The van der Waals surface area contributed by atoms with Gasteiger partial charge in [-0.15, -0.1) is 0 Å². The normalized spacial score (nSPS) is 10.4. The molecule has 0 amide bonds. The summed E-state index contributed by atoms with van der Waals surface area (Å²) < 4.78 is 29.6. The van der Waals surface area contributed by atoms with Crippen LogP contribution in [0.1, 0.15) is 0 Å². The fraction of sp³-hybridized carbons (Fsp3) is 0.250. The summed E-state index contributed by atoms with van der Waals surface area (Å²) in [6, 6.07) is 8.79. The summed E-state index contributed by atoms with van der Waals surface area (Å²) in [6.45, 7) is -0.0363. The van der Waals surface area contributed by atoms with Gasteiger partial charge in [0, 0.05) is 9.43 Å². The smallest absolute Gasteiger partial charge is 0.238 e. The topological polar surface area (TPSA) is 92.1 Å². The number of hydrogen-bond acceptors (Lipinski definition) is 3. The van der Waals surface area contributed by atoms with Crippen molar-refractivity contribution in [2.75, 3.05) is 12.4 Å². The Hall–Kier alpha value is -1.72. The molecule has 0 aliphatic carbocycles. The SMILES string of the molecule is [N-]=[N+]=NS(=O)(=O)CCOc1ccccc1. The van der Waals surface area contributed by atoms with Crippen LogP contribution in [0.4, 0.5) is 0 Å². The molecule has 0 bridgehead atoms. The van der Waals surface area contributed by atoms with Gasteiger partial charge in [0.15, 0.2) is 0 Å². The second-order valence-corrected chi connectivity index (χ2v) is 4.35. The Morgan fingerprint density at radius 1 is 1.33 bits per heavy atom. The van der Waals surface area contributed by atoms with Crippen LogP contribution >= 0.6 is 0 Å². The first-order valence-electron chi connectivity index (χ1n) is 4.11. The van der Waals surface area contributed by atoms with Crippen molar-refractivity contribution in [3.05, 3.63) is 40.8 Å². The standard InChI is InChI=1S/C8H9N3O3S/c9-10-11-15(12,13)7-6-14-8-4-2-1-3-5-8/h1-5H,6-7H2. The second kappa shape index (κ2) is 5.23. The van der Waals surface area contributed by atoms with Gasteiger partial charge in [-0.1, -0.05) is 18.2 Å². The molecule has 0 fully saturated rings. The molecule has 0 atom stereocenters. The minimum absolute atomic E-state index is 0.0363. The Kier molecular flexibility index (Phi) is 3.96. The van der Waals surface area contributed by atoms with E-state index < -0.39 is 10.0 Å². The van der Waals surface area contributed by atoms with E-state index >= 15 is 0 Å². The molecule has 15 heavy (non-hydrogen) atoms. The van der Waals surface area contributed by atoms with E-state index in [0.29, 0.717) is 5.75 Å². The minimum Gasteiger partial charge on any atom is -0.493 e. The molecule has 0 aliphatic rings. The molecule has 1 rings (SSSR count). The molecule has 80 valence electrons. The van der Waals surface area contributed by atoms with Crippen LogP contribution in [0.15, 0.2) is 34.9 Å². The number of hydrogen-bond donors (Lipinski definition) is 0. The highest BCUT2D eigenvalue weighted by Crippen LogP contribution is 2.08. The van der Waals surface area contributed by atoms with Gasteiger partial charge < -0.3 is 4.74 Å². The van der Waals surface area contributed by atoms with Crippen LogP contribution in [-0.4, -0.2) is 20.8 Å². The van der Waals surface area contributed by atoms with Crippen molar-refractivity contribution in [3.8, 4) is 5.75 Å². The maximum absolute atomic E-state index is 10.9. The Bertz CT molecular complexity index is 451. The predicted octanol–water partition coefficient (Wildman–Crippen LogP) is 1.71. The molecule has 0 aliphatic heterocycles. The third kappa shape index (κ3) is 4.35. The fourth-order valence-corrected chi connectivity index (χ4v) is 1.36. The lowest BCUT2D eigenvalue weighted by molar-refractivity contribution is 0.341. The zero-order valence-electron chi connectivity index (χ0n) is 7.78. The van der Waals surface area contributed by atoms with Crippen molar-refractivity contribution in [2.45, 2.75) is 0 Å². The molecule has 0 saturated carbocycles. The summed E-state index contributed by atoms with van der Waals surface area (Å²) in [5.41, 5.74) is 7.96. The largest absolute Gasteiger partial charge is 0.493 e. The Balaban J connectivity index is 2.44. The van der Waals surface area contributed by atoms with E-state index in [1.54, 1.807) is 24.3 Å². The molecule has 1 aromatic carbocycles. The van der Waals surface area contributed by atoms with Crippen LogP contribution in [-0.2, 0) is 10.0 Å². The van der Waals surface area contributed by atoms with Crippen molar-refractivity contribution < 1.29 is 13.2 Å². The van der Waals surface area contributed by atoms with E-state index in [-0.39, 0.29) is 12.4 Å². The second-order valence-electron chi connectivity index (χ2n) is 2.62. The number of nitrogens with zero attached hydrogens (tertiary/aromatic N) is 3. The quantitative estimate of drug-likeness (QED) is 0.435. The number of ether oxygens (including phenoxy) is 1. The van der Waals surface area contributed by atoms with Crippen LogP contribution in [0, 0.1) is 0 Å². The van der Waals surface area contributed by atoms with Gasteiger partial charge >= 0.3 is 0 Å². The molecule has 0 heterocycles. The maximum atomic E-state index is 10.9. The highest BCUT2D eigenvalue weighted by atomic mass is 32.2.